The minimum Gasteiger partial charge on any atom is -0.420 e. The molecular weight excluding hydrogens is 313 g/mol. The van der Waals surface area contributed by atoms with Crippen molar-refractivity contribution in [3.05, 3.63) is 0 Å². The highest BCUT2D eigenvalue weighted by Gasteiger charge is 2.48. The summed E-state index contributed by atoms with van der Waals surface area (Å²) < 4.78 is 51.3. The van der Waals surface area contributed by atoms with E-state index in [2.05, 4.69) is 0 Å². The highest BCUT2D eigenvalue weighted by Crippen LogP contribution is 2.41. The van der Waals surface area contributed by atoms with Crippen molar-refractivity contribution < 1.29 is 22.0 Å². The summed E-state index contributed by atoms with van der Waals surface area (Å²) in [6.45, 7) is 4.80. The Morgan fingerprint density at radius 3 is 2.52 bits per heavy atom. The van der Waals surface area contributed by atoms with Crippen LogP contribution in [0.3, 0.4) is 0 Å². The fourth-order valence-electron chi connectivity index (χ4n) is 3.72. The molecule has 0 N–H and O–H groups in total. The number of hydrogen-bond acceptors (Lipinski definition) is 2. The summed E-state index contributed by atoms with van der Waals surface area (Å²) >= 11 is 0. The van der Waals surface area contributed by atoms with Crippen LogP contribution in [0.2, 0.25) is 23.8 Å². The van der Waals surface area contributed by atoms with Crippen LogP contribution in [0.5, 0.6) is 0 Å². The molecule has 0 amide bonds. The highest BCUT2D eigenvalue weighted by atomic mass is 28.4. The smallest absolute Gasteiger partial charge is 0.269 e. The molecule has 2 saturated heterocycles. The summed E-state index contributed by atoms with van der Waals surface area (Å²) in [6, 6.07) is 1.85. The Morgan fingerprint density at radius 1 is 1.19 bits per heavy atom. The lowest BCUT2D eigenvalue weighted by Gasteiger charge is -2.46. The van der Waals surface area contributed by atoms with Gasteiger partial charge in [0, 0.05) is 12.7 Å². The second-order valence-corrected chi connectivity index (χ2v) is 14.4. The lowest BCUT2D eigenvalue weighted by molar-refractivity contribution is 0.0402. The minimum atomic E-state index is -2.89. The molecule has 2 aliphatic heterocycles. The topological polar surface area (TPSA) is 18.5 Å². The molecule has 0 aliphatic carbocycles. The van der Waals surface area contributed by atoms with Crippen LogP contribution in [-0.2, 0) is 8.85 Å². The van der Waals surface area contributed by atoms with Crippen molar-refractivity contribution in [3.63, 3.8) is 0 Å². The van der Waals surface area contributed by atoms with E-state index >= 15 is 0 Å². The molecule has 0 aromatic heterocycles. The van der Waals surface area contributed by atoms with Gasteiger partial charge in [-0.05, 0) is 44.4 Å². The fraction of sp³-hybridized carbons (Fsp3) is 1.00. The standard InChI is InChI=1S/C14H27F3O2Si2/c1-14(2)6-5-9-21(19-14,10-12(15)13(16)17)11-20-8-4-3-7-18-20/h12-13,20H,3-11H2,1-2H3. The van der Waals surface area contributed by atoms with Gasteiger partial charge >= 0.3 is 0 Å². The predicted molar refractivity (Wildman–Crippen MR) is 82.6 cm³/mol. The quantitative estimate of drug-likeness (QED) is 0.699. The third-order valence-corrected chi connectivity index (χ3v) is 14.6. The van der Waals surface area contributed by atoms with Gasteiger partial charge in [0.25, 0.3) is 6.43 Å². The van der Waals surface area contributed by atoms with Gasteiger partial charge in [-0.3, -0.25) is 0 Å². The van der Waals surface area contributed by atoms with Gasteiger partial charge in [-0.2, -0.15) is 0 Å². The van der Waals surface area contributed by atoms with E-state index in [4.69, 9.17) is 8.85 Å². The Morgan fingerprint density at radius 2 is 1.95 bits per heavy atom. The molecule has 2 fully saturated rings. The highest BCUT2D eigenvalue weighted by molar-refractivity contribution is 6.84. The van der Waals surface area contributed by atoms with Crippen LogP contribution in [0, 0.1) is 0 Å². The average Bonchev–Trinajstić information content (AvgIpc) is 2.38. The first-order valence-electron chi connectivity index (χ1n) is 8.06. The number of alkyl halides is 3. The maximum atomic E-state index is 13.7. The Hall–Kier alpha value is 0.144. The summed E-state index contributed by atoms with van der Waals surface area (Å²) in [4.78, 5) is 0. The van der Waals surface area contributed by atoms with Crippen LogP contribution < -0.4 is 0 Å². The van der Waals surface area contributed by atoms with Gasteiger partial charge in [-0.25, -0.2) is 13.2 Å². The molecule has 0 aromatic rings. The van der Waals surface area contributed by atoms with Gasteiger partial charge in [0.05, 0.1) is 5.60 Å². The van der Waals surface area contributed by atoms with Crippen LogP contribution in [0.1, 0.15) is 39.5 Å². The first kappa shape index (κ1) is 17.5. The van der Waals surface area contributed by atoms with Crippen molar-refractivity contribution >= 4 is 17.4 Å². The summed E-state index contributed by atoms with van der Waals surface area (Å²) in [7, 11) is -3.84. The number of halogens is 3. The summed E-state index contributed by atoms with van der Waals surface area (Å²) in [5.41, 5.74) is 0.513. The summed E-state index contributed by atoms with van der Waals surface area (Å²) in [6.07, 6.45) is -0.775. The Balaban J connectivity index is 2.08. The molecule has 0 bridgehead atoms. The van der Waals surface area contributed by atoms with E-state index in [1.165, 1.54) is 6.42 Å². The zero-order chi connectivity index (χ0) is 15.5. The molecule has 2 nitrogen and oxygen atoms in total. The van der Waals surface area contributed by atoms with Crippen LogP contribution in [0.4, 0.5) is 13.2 Å². The normalized spacial score (nSPS) is 34.9. The van der Waals surface area contributed by atoms with Crippen molar-refractivity contribution in [1.29, 1.82) is 0 Å². The van der Waals surface area contributed by atoms with Gasteiger partial charge in [-0.1, -0.05) is 12.8 Å². The molecule has 2 aliphatic rings. The molecule has 21 heavy (non-hydrogen) atoms. The largest absolute Gasteiger partial charge is 0.420 e. The molecule has 3 atom stereocenters. The van der Waals surface area contributed by atoms with E-state index in [1.54, 1.807) is 0 Å². The molecule has 2 heterocycles. The van der Waals surface area contributed by atoms with Crippen molar-refractivity contribution in [2.24, 2.45) is 0 Å². The molecule has 124 valence electrons. The third-order valence-electron chi connectivity index (χ3n) is 4.62. The minimum absolute atomic E-state index is 0.0546. The van der Waals surface area contributed by atoms with E-state index < -0.39 is 30.0 Å². The maximum absolute atomic E-state index is 13.7. The fourth-order valence-corrected chi connectivity index (χ4v) is 14.9. The molecular formula is C14H27F3O2Si2. The first-order chi connectivity index (χ1) is 9.82. The second-order valence-electron chi connectivity index (χ2n) is 7.15. The van der Waals surface area contributed by atoms with E-state index in [0.717, 1.165) is 43.6 Å². The van der Waals surface area contributed by atoms with E-state index in [1.807, 2.05) is 13.8 Å². The van der Waals surface area contributed by atoms with Crippen LogP contribution in [-0.4, -0.2) is 42.2 Å². The van der Waals surface area contributed by atoms with E-state index in [-0.39, 0.29) is 11.6 Å². The zero-order valence-electron chi connectivity index (χ0n) is 13.0. The third kappa shape index (κ3) is 5.08. The number of hydrogen-bond donors (Lipinski definition) is 0. The second kappa shape index (κ2) is 7.14. The van der Waals surface area contributed by atoms with Crippen molar-refractivity contribution in [2.45, 2.75) is 81.5 Å². The van der Waals surface area contributed by atoms with Crippen LogP contribution in [0.25, 0.3) is 0 Å². The SMILES string of the molecule is CC1(C)CCC[Si](CC(F)C(F)F)(C[SiH]2CCCCO2)O1. The Bertz CT molecular complexity index is 338. The van der Waals surface area contributed by atoms with Gasteiger partial charge in [-0.15, -0.1) is 0 Å². The van der Waals surface area contributed by atoms with Crippen molar-refractivity contribution in [1.82, 2.24) is 0 Å². The Labute approximate surface area is 128 Å². The van der Waals surface area contributed by atoms with Gasteiger partial charge < -0.3 is 8.85 Å². The molecule has 0 radical (unpaired) electrons. The lowest BCUT2D eigenvalue weighted by Crippen LogP contribution is -2.54. The van der Waals surface area contributed by atoms with Crippen molar-refractivity contribution in [3.8, 4) is 0 Å². The summed E-state index contributed by atoms with van der Waals surface area (Å²) in [5.74, 6) is 0. The lowest BCUT2D eigenvalue weighted by atomic mass is 10.0. The van der Waals surface area contributed by atoms with Crippen molar-refractivity contribution in [2.75, 3.05) is 6.61 Å². The van der Waals surface area contributed by atoms with Crippen LogP contribution in [0.15, 0.2) is 0 Å². The monoisotopic (exact) mass is 340 g/mol. The van der Waals surface area contributed by atoms with Gasteiger partial charge in [0.2, 0.25) is 0 Å². The zero-order valence-corrected chi connectivity index (χ0v) is 15.2. The number of rotatable bonds is 5. The maximum Gasteiger partial charge on any atom is 0.269 e. The van der Waals surface area contributed by atoms with Gasteiger partial charge in [0.15, 0.2) is 23.5 Å². The molecule has 2 rings (SSSR count). The van der Waals surface area contributed by atoms with Gasteiger partial charge in [0.1, 0.15) is 0 Å². The summed E-state index contributed by atoms with van der Waals surface area (Å²) in [5, 5.41) is 0. The molecule has 7 heteroatoms. The van der Waals surface area contributed by atoms with E-state index in [9.17, 15) is 13.2 Å². The molecule has 0 aromatic carbocycles. The first-order valence-corrected chi connectivity index (χ1v) is 12.7. The average molecular weight is 341 g/mol. The van der Waals surface area contributed by atoms with Crippen LogP contribution >= 0.6 is 0 Å². The predicted octanol–water partition coefficient (Wildman–Crippen LogP) is 4.20. The van der Waals surface area contributed by atoms with E-state index in [0.29, 0.717) is 0 Å². The molecule has 0 spiro atoms. The Kier molecular flexibility index (Phi) is 5.95. The molecule has 3 unspecified atom stereocenters. The molecule has 0 saturated carbocycles.